The molecule has 120 valence electrons. The molecule has 1 aromatic heterocycles. The van der Waals surface area contributed by atoms with Crippen LogP contribution in [0.2, 0.25) is 0 Å². The van der Waals surface area contributed by atoms with Gasteiger partial charge in [-0.15, -0.1) is 10.2 Å². The van der Waals surface area contributed by atoms with Gasteiger partial charge in [0.15, 0.2) is 0 Å². The largest absolute Gasteiger partial charge is 0.507 e. The summed E-state index contributed by atoms with van der Waals surface area (Å²) in [4.78, 5) is 4.39. The van der Waals surface area contributed by atoms with E-state index in [2.05, 4.69) is 30.2 Å². The average molecular weight is 322 g/mol. The maximum absolute atomic E-state index is 9.96. The lowest BCUT2D eigenvalue weighted by molar-refractivity contribution is 0.310. The molecule has 0 aliphatic heterocycles. The van der Waals surface area contributed by atoms with Crippen LogP contribution in [-0.2, 0) is 0 Å². The Labute approximate surface area is 137 Å². The number of aromatic hydroxyl groups is 1. The number of aliphatic imine (C=N–C) groups is 1. The quantitative estimate of drug-likeness (QED) is 0.558. The van der Waals surface area contributed by atoms with E-state index < -0.39 is 0 Å². The summed E-state index contributed by atoms with van der Waals surface area (Å²) in [5, 5.41) is 24.7. The summed E-state index contributed by atoms with van der Waals surface area (Å²) in [6, 6.07) is 12.5. The number of phenols is 1. The van der Waals surface area contributed by atoms with Crippen molar-refractivity contribution in [3.05, 3.63) is 53.6 Å². The van der Waals surface area contributed by atoms with Gasteiger partial charge >= 0.3 is 0 Å². The van der Waals surface area contributed by atoms with Crippen LogP contribution in [0, 0.1) is 6.92 Å². The Hall–Kier alpha value is -3.55. The molecular formula is C16H14N6O2. The first-order chi connectivity index (χ1) is 11.6. The molecule has 0 saturated carbocycles. The third kappa shape index (κ3) is 3.43. The van der Waals surface area contributed by atoms with Crippen LogP contribution in [0.4, 0.5) is 23.0 Å². The smallest absolute Gasteiger partial charge is 0.261 e. The van der Waals surface area contributed by atoms with Gasteiger partial charge in [0, 0.05) is 11.8 Å². The van der Waals surface area contributed by atoms with Gasteiger partial charge < -0.3 is 10.8 Å². The van der Waals surface area contributed by atoms with Crippen molar-refractivity contribution in [2.45, 2.75) is 6.92 Å². The van der Waals surface area contributed by atoms with E-state index in [4.69, 9.17) is 5.73 Å². The molecular weight excluding hydrogens is 308 g/mol. The Kier molecular flexibility index (Phi) is 4.28. The molecule has 0 amide bonds. The molecule has 3 aromatic rings. The Morgan fingerprint density at radius 3 is 2.71 bits per heavy atom. The van der Waals surface area contributed by atoms with Gasteiger partial charge in [-0.3, -0.25) is 4.99 Å². The predicted molar refractivity (Wildman–Crippen MR) is 89.4 cm³/mol. The monoisotopic (exact) mass is 322 g/mol. The van der Waals surface area contributed by atoms with Gasteiger partial charge in [0.25, 0.3) is 5.82 Å². The van der Waals surface area contributed by atoms with Crippen LogP contribution in [0.15, 0.2) is 62.3 Å². The van der Waals surface area contributed by atoms with Crippen molar-refractivity contribution in [2.24, 2.45) is 15.2 Å². The normalized spacial score (nSPS) is 11.5. The zero-order valence-corrected chi connectivity index (χ0v) is 12.8. The van der Waals surface area contributed by atoms with Crippen molar-refractivity contribution in [3.8, 4) is 5.75 Å². The number of rotatable bonds is 4. The number of hydrogen-bond acceptors (Lipinski definition) is 8. The molecule has 0 aliphatic rings. The maximum Gasteiger partial charge on any atom is 0.261 e. The number of nitrogens with two attached hydrogens (primary N) is 1. The van der Waals surface area contributed by atoms with E-state index in [0.29, 0.717) is 11.3 Å². The molecule has 1 heterocycles. The van der Waals surface area contributed by atoms with E-state index in [1.54, 1.807) is 18.3 Å². The molecule has 0 spiro atoms. The number of anilines is 1. The first-order valence-electron chi connectivity index (χ1n) is 7.06. The maximum atomic E-state index is 9.96. The van der Waals surface area contributed by atoms with Crippen LogP contribution in [0.3, 0.4) is 0 Å². The van der Waals surface area contributed by atoms with E-state index in [0.717, 1.165) is 11.3 Å². The van der Waals surface area contributed by atoms with Crippen molar-refractivity contribution in [1.82, 2.24) is 10.3 Å². The number of hydrogen-bond donors (Lipinski definition) is 2. The fourth-order valence-electron chi connectivity index (χ4n) is 1.92. The topological polar surface area (TPSA) is 122 Å². The second kappa shape index (κ2) is 6.69. The molecule has 0 atom stereocenters. The molecule has 0 fully saturated rings. The zero-order chi connectivity index (χ0) is 16.9. The second-order valence-corrected chi connectivity index (χ2v) is 4.96. The summed E-state index contributed by atoms with van der Waals surface area (Å²) in [5.41, 5.74) is 8.38. The van der Waals surface area contributed by atoms with Crippen LogP contribution in [0.1, 0.15) is 11.1 Å². The Bertz CT molecular complexity index is 916. The first kappa shape index (κ1) is 15.3. The van der Waals surface area contributed by atoms with Gasteiger partial charge in [0.1, 0.15) is 5.75 Å². The van der Waals surface area contributed by atoms with Gasteiger partial charge in [-0.1, -0.05) is 18.2 Å². The summed E-state index contributed by atoms with van der Waals surface area (Å²) in [7, 11) is 0. The minimum absolute atomic E-state index is 0.0545. The Morgan fingerprint density at radius 2 is 1.96 bits per heavy atom. The van der Waals surface area contributed by atoms with Gasteiger partial charge in [-0.25, -0.2) is 4.63 Å². The van der Waals surface area contributed by atoms with Crippen molar-refractivity contribution in [1.29, 1.82) is 0 Å². The minimum Gasteiger partial charge on any atom is -0.507 e. The molecule has 8 nitrogen and oxygen atoms in total. The van der Waals surface area contributed by atoms with Crippen LogP contribution in [0.5, 0.6) is 5.75 Å². The molecule has 2 aromatic carbocycles. The van der Waals surface area contributed by atoms with E-state index >= 15 is 0 Å². The van der Waals surface area contributed by atoms with Gasteiger partial charge in [0.2, 0.25) is 5.82 Å². The van der Waals surface area contributed by atoms with E-state index in [-0.39, 0.29) is 17.4 Å². The number of aromatic nitrogens is 2. The number of aryl methyl sites for hydroxylation is 1. The van der Waals surface area contributed by atoms with Gasteiger partial charge in [-0.2, -0.15) is 0 Å². The van der Waals surface area contributed by atoms with Crippen molar-refractivity contribution >= 4 is 29.2 Å². The first-order valence-corrected chi connectivity index (χ1v) is 7.06. The number of azo groups is 1. The number of nitrogens with zero attached hydrogens (tertiary/aromatic N) is 5. The van der Waals surface area contributed by atoms with Crippen LogP contribution >= 0.6 is 0 Å². The zero-order valence-electron chi connectivity index (χ0n) is 12.8. The Balaban J connectivity index is 1.85. The predicted octanol–water partition coefficient (Wildman–Crippen LogP) is 3.83. The van der Waals surface area contributed by atoms with Crippen molar-refractivity contribution in [3.63, 3.8) is 0 Å². The third-order valence-electron chi connectivity index (χ3n) is 3.23. The van der Waals surface area contributed by atoms with E-state index in [1.165, 1.54) is 6.07 Å². The lowest BCUT2D eigenvalue weighted by Crippen LogP contribution is -1.83. The van der Waals surface area contributed by atoms with E-state index in [9.17, 15) is 5.11 Å². The van der Waals surface area contributed by atoms with Crippen molar-refractivity contribution < 1.29 is 9.74 Å². The number of phenolic OH excluding ortho intramolecular Hbond substituents is 1. The lowest BCUT2D eigenvalue weighted by Gasteiger charge is -2.01. The molecule has 8 heteroatoms. The SMILES string of the molecule is Cc1ccccc1N=Cc1cc(N=Nc2nonc2N)ccc1O. The average Bonchev–Trinajstić information content (AvgIpc) is 2.99. The number of nitrogen functional groups attached to an aromatic ring is 1. The van der Waals surface area contributed by atoms with E-state index in [1.807, 2.05) is 31.2 Å². The standard InChI is InChI=1S/C16H14N6O2/c1-10-4-2-3-5-13(10)18-9-11-8-12(6-7-14(11)23)19-20-16-15(17)21-24-22-16/h2-9,23H,1H3,(H2,17,21). The molecule has 3 N–H and O–H groups in total. The van der Waals surface area contributed by atoms with Crippen molar-refractivity contribution in [2.75, 3.05) is 5.73 Å². The van der Waals surface area contributed by atoms with Crippen LogP contribution < -0.4 is 5.73 Å². The summed E-state index contributed by atoms with van der Waals surface area (Å²) in [5.74, 6) is 0.242. The third-order valence-corrected chi connectivity index (χ3v) is 3.23. The van der Waals surface area contributed by atoms with Gasteiger partial charge in [-0.05, 0) is 47.1 Å². The molecule has 0 radical (unpaired) electrons. The fourth-order valence-corrected chi connectivity index (χ4v) is 1.92. The van der Waals surface area contributed by atoms with Crippen LogP contribution in [0.25, 0.3) is 0 Å². The van der Waals surface area contributed by atoms with Crippen LogP contribution in [-0.4, -0.2) is 21.6 Å². The highest BCUT2D eigenvalue weighted by Gasteiger charge is 2.05. The summed E-state index contributed by atoms with van der Waals surface area (Å²) in [6.07, 6.45) is 1.57. The highest BCUT2D eigenvalue weighted by Crippen LogP contribution is 2.26. The number of para-hydroxylation sites is 1. The summed E-state index contributed by atoms with van der Waals surface area (Å²) < 4.78 is 4.44. The summed E-state index contributed by atoms with van der Waals surface area (Å²) >= 11 is 0. The molecule has 0 unspecified atom stereocenters. The Morgan fingerprint density at radius 1 is 1.12 bits per heavy atom. The lowest BCUT2D eigenvalue weighted by atomic mass is 10.2. The molecule has 3 rings (SSSR count). The highest BCUT2D eigenvalue weighted by molar-refractivity contribution is 5.86. The number of benzene rings is 2. The fraction of sp³-hybridized carbons (Fsp3) is 0.0625. The molecule has 24 heavy (non-hydrogen) atoms. The molecule has 0 aliphatic carbocycles. The molecule has 0 saturated heterocycles. The second-order valence-electron chi connectivity index (χ2n) is 4.96. The molecule has 0 bridgehead atoms. The van der Waals surface area contributed by atoms with Gasteiger partial charge in [0.05, 0.1) is 11.4 Å². The highest BCUT2D eigenvalue weighted by atomic mass is 16.6. The minimum atomic E-state index is 0.0545. The summed E-state index contributed by atoms with van der Waals surface area (Å²) in [6.45, 7) is 1.97.